The largest absolute Gasteiger partial charge is 0.497 e. The van der Waals surface area contributed by atoms with Gasteiger partial charge in [-0.3, -0.25) is 19.1 Å². The predicted molar refractivity (Wildman–Crippen MR) is 107 cm³/mol. The van der Waals surface area contributed by atoms with E-state index >= 15 is 0 Å². The van der Waals surface area contributed by atoms with Crippen LogP contribution in [0.1, 0.15) is 23.8 Å². The highest BCUT2D eigenvalue weighted by atomic mass is 16.5. The molecule has 2 aromatic rings. The zero-order valence-corrected chi connectivity index (χ0v) is 17.0. The number of hydrogen-bond acceptors (Lipinski definition) is 6. The fourth-order valence-electron chi connectivity index (χ4n) is 3.46. The molecule has 1 fully saturated rings. The number of amides is 1. The molecule has 0 saturated carbocycles. The number of carbonyl (C=O) groups is 1. The molecule has 1 aromatic carbocycles. The van der Waals surface area contributed by atoms with Crippen LogP contribution in [0.4, 0.5) is 0 Å². The van der Waals surface area contributed by atoms with Gasteiger partial charge >= 0.3 is 5.69 Å². The second-order valence-electron chi connectivity index (χ2n) is 7.39. The van der Waals surface area contributed by atoms with Crippen LogP contribution in [0.25, 0.3) is 0 Å². The number of rotatable bonds is 7. The number of aromatic nitrogens is 2. The highest BCUT2D eigenvalue weighted by Gasteiger charge is 2.38. The Balaban J connectivity index is 1.66. The van der Waals surface area contributed by atoms with E-state index in [4.69, 9.17) is 9.47 Å². The second kappa shape index (κ2) is 9.24. The molecule has 3 rings (SSSR count). The lowest BCUT2D eigenvalue weighted by atomic mass is 10.0. The van der Waals surface area contributed by atoms with Crippen molar-refractivity contribution in [1.29, 1.82) is 0 Å². The summed E-state index contributed by atoms with van der Waals surface area (Å²) in [5.74, 6) is 0.458. The fraction of sp³-hybridized carbons (Fsp3) is 0.450. The van der Waals surface area contributed by atoms with Gasteiger partial charge in [0.1, 0.15) is 18.1 Å². The maximum Gasteiger partial charge on any atom is 0.330 e. The van der Waals surface area contributed by atoms with Crippen LogP contribution >= 0.6 is 0 Å². The van der Waals surface area contributed by atoms with E-state index in [9.17, 15) is 19.5 Å². The monoisotopic (exact) mass is 419 g/mol. The molecule has 10 nitrogen and oxygen atoms in total. The Kier molecular flexibility index (Phi) is 6.70. The molecule has 4 atom stereocenters. The Morgan fingerprint density at radius 1 is 1.40 bits per heavy atom. The lowest BCUT2D eigenvalue weighted by Gasteiger charge is -2.18. The Morgan fingerprint density at radius 2 is 2.10 bits per heavy atom. The average molecular weight is 419 g/mol. The smallest absolute Gasteiger partial charge is 0.330 e. The molecule has 0 bridgehead atoms. The van der Waals surface area contributed by atoms with E-state index in [0.29, 0.717) is 12.0 Å². The lowest BCUT2D eigenvalue weighted by Crippen LogP contribution is -2.69. The number of carbonyl (C=O) groups excluding carboxylic acids is 1. The summed E-state index contributed by atoms with van der Waals surface area (Å²) in [4.78, 5) is 38.6. The van der Waals surface area contributed by atoms with E-state index in [1.54, 1.807) is 14.0 Å². The minimum Gasteiger partial charge on any atom is -0.497 e. The maximum atomic E-state index is 12.6. The van der Waals surface area contributed by atoms with Crippen molar-refractivity contribution < 1.29 is 25.1 Å². The first-order valence-electron chi connectivity index (χ1n) is 9.67. The van der Waals surface area contributed by atoms with E-state index in [1.807, 2.05) is 24.3 Å². The molecule has 1 saturated heterocycles. The average Bonchev–Trinajstić information content (AvgIpc) is 3.13. The highest BCUT2D eigenvalue weighted by Crippen LogP contribution is 2.27. The van der Waals surface area contributed by atoms with Gasteiger partial charge < -0.3 is 25.6 Å². The fourth-order valence-corrected chi connectivity index (χ4v) is 3.46. The van der Waals surface area contributed by atoms with Crippen LogP contribution in [-0.2, 0) is 16.0 Å². The molecule has 6 N–H and O–H groups in total. The van der Waals surface area contributed by atoms with E-state index in [1.165, 1.54) is 10.8 Å². The number of aryl methyl sites for hydroxylation is 1. The number of aliphatic hydroxyl groups excluding tert-OH is 1. The van der Waals surface area contributed by atoms with Gasteiger partial charge in [0.05, 0.1) is 19.8 Å². The lowest BCUT2D eigenvalue weighted by molar-refractivity contribution is -0.403. The highest BCUT2D eigenvalue weighted by molar-refractivity contribution is 5.80. The molecule has 0 aliphatic carbocycles. The first-order valence-corrected chi connectivity index (χ1v) is 9.67. The van der Waals surface area contributed by atoms with Crippen molar-refractivity contribution >= 4 is 5.91 Å². The Hall–Kier alpha value is -2.95. The molecule has 1 amide bonds. The van der Waals surface area contributed by atoms with E-state index in [0.717, 1.165) is 11.3 Å². The predicted octanol–water partition coefficient (Wildman–Crippen LogP) is -1.53. The third-order valence-electron chi connectivity index (χ3n) is 5.21. The number of ether oxygens (including phenoxy) is 2. The zero-order valence-electron chi connectivity index (χ0n) is 17.0. The molecule has 10 heteroatoms. The molecule has 30 heavy (non-hydrogen) atoms. The summed E-state index contributed by atoms with van der Waals surface area (Å²) in [6.45, 7) is 1.26. The normalized spacial score (nSPS) is 21.9. The van der Waals surface area contributed by atoms with E-state index in [2.05, 4.69) is 16.0 Å². The number of benzene rings is 1. The number of quaternary nitrogens is 1. The summed E-state index contributed by atoms with van der Waals surface area (Å²) in [7, 11) is 1.59. The standard InChI is InChI=1S/C20H26N4O6/c1-11-9-24(20(28)23-18(11)26)17-8-15(16(10-25)30-17)22-19(27)14(21)7-12-3-5-13(29-2)6-4-12/h3-6,9,14-17,25H,7-8,10,21H2,1-2H3,(H,22,27)(H,23,26,28)/p+1/t14-,15-,16+,17-/m0/s1. The van der Waals surface area contributed by atoms with E-state index in [-0.39, 0.29) is 18.9 Å². The molecular formula is C20H27N4O6+. The Morgan fingerprint density at radius 3 is 2.73 bits per heavy atom. The van der Waals surface area contributed by atoms with Gasteiger partial charge in [0.15, 0.2) is 6.04 Å². The number of methoxy groups -OCH3 is 1. The van der Waals surface area contributed by atoms with Gasteiger partial charge in [-0.05, 0) is 24.6 Å². The first-order chi connectivity index (χ1) is 14.3. The molecule has 0 spiro atoms. The molecular weight excluding hydrogens is 392 g/mol. The number of hydrogen-bond donors (Lipinski definition) is 4. The minimum absolute atomic E-state index is 0.275. The van der Waals surface area contributed by atoms with Crippen molar-refractivity contribution in [2.45, 2.75) is 44.2 Å². The SMILES string of the molecule is COc1ccc(C[C@H]([NH3+])C(=O)N[C@H]2C[C@@H](n3cc(C)c(=O)[nH]c3=O)O[C@@H]2CO)cc1. The van der Waals surface area contributed by atoms with Crippen LogP contribution in [0.3, 0.4) is 0 Å². The zero-order chi connectivity index (χ0) is 21.8. The van der Waals surface area contributed by atoms with Crippen LogP contribution in [0, 0.1) is 6.92 Å². The molecule has 0 radical (unpaired) electrons. The van der Waals surface area contributed by atoms with Crippen LogP contribution < -0.4 is 27.0 Å². The second-order valence-corrected chi connectivity index (χ2v) is 7.39. The van der Waals surface area contributed by atoms with Gasteiger partial charge in [0, 0.05) is 24.6 Å². The van der Waals surface area contributed by atoms with Crippen molar-refractivity contribution in [1.82, 2.24) is 14.9 Å². The third kappa shape index (κ3) is 4.78. The van der Waals surface area contributed by atoms with Gasteiger partial charge in [-0.25, -0.2) is 4.79 Å². The van der Waals surface area contributed by atoms with Crippen molar-refractivity contribution in [3.63, 3.8) is 0 Å². The maximum absolute atomic E-state index is 12.6. The van der Waals surface area contributed by atoms with Gasteiger partial charge in [-0.15, -0.1) is 0 Å². The number of nitrogens with zero attached hydrogens (tertiary/aromatic N) is 1. The van der Waals surface area contributed by atoms with Gasteiger partial charge in [0.2, 0.25) is 0 Å². The molecule has 0 unspecified atom stereocenters. The summed E-state index contributed by atoms with van der Waals surface area (Å²) in [6.07, 6.45) is 0.747. The van der Waals surface area contributed by atoms with Gasteiger partial charge in [-0.1, -0.05) is 12.1 Å². The van der Waals surface area contributed by atoms with Gasteiger partial charge in [0.25, 0.3) is 11.5 Å². The molecule has 1 aliphatic rings. The molecule has 1 aromatic heterocycles. The Bertz CT molecular complexity index is 1000. The van der Waals surface area contributed by atoms with Crippen molar-refractivity contribution in [2.75, 3.05) is 13.7 Å². The summed E-state index contributed by atoms with van der Waals surface area (Å²) < 4.78 is 12.1. The van der Waals surface area contributed by atoms with Crippen LogP contribution in [0.15, 0.2) is 40.1 Å². The Labute approximate surface area is 172 Å². The van der Waals surface area contributed by atoms with E-state index < -0.39 is 35.7 Å². The van der Waals surface area contributed by atoms with Crippen molar-refractivity contribution in [3.8, 4) is 5.75 Å². The quantitative estimate of drug-likeness (QED) is 0.428. The molecule has 1 aliphatic heterocycles. The summed E-state index contributed by atoms with van der Waals surface area (Å²) in [5, 5.41) is 12.5. The van der Waals surface area contributed by atoms with Crippen LogP contribution in [-0.4, -0.2) is 52.5 Å². The summed E-state index contributed by atoms with van der Waals surface area (Å²) >= 11 is 0. The van der Waals surface area contributed by atoms with Crippen LogP contribution in [0.2, 0.25) is 0 Å². The molecule has 2 heterocycles. The van der Waals surface area contributed by atoms with Crippen molar-refractivity contribution in [3.05, 3.63) is 62.4 Å². The number of aromatic amines is 1. The third-order valence-corrected chi connectivity index (χ3v) is 5.21. The number of nitrogens with one attached hydrogen (secondary N) is 2. The van der Waals surface area contributed by atoms with Crippen molar-refractivity contribution in [2.24, 2.45) is 0 Å². The number of H-pyrrole nitrogens is 1. The first kappa shape index (κ1) is 21.8. The summed E-state index contributed by atoms with van der Waals surface area (Å²) in [6, 6.07) is 6.35. The minimum atomic E-state index is -0.708. The molecule has 162 valence electrons. The van der Waals surface area contributed by atoms with Crippen LogP contribution in [0.5, 0.6) is 5.75 Å². The topological polar surface area (TPSA) is 150 Å². The van der Waals surface area contributed by atoms with Gasteiger partial charge in [-0.2, -0.15) is 0 Å². The number of aliphatic hydroxyl groups is 1. The summed E-state index contributed by atoms with van der Waals surface area (Å²) in [5.41, 5.74) is 4.18.